The van der Waals surface area contributed by atoms with Crippen LogP contribution in [0.2, 0.25) is 0 Å². The van der Waals surface area contributed by atoms with Crippen LogP contribution in [0.1, 0.15) is 39.5 Å². The van der Waals surface area contributed by atoms with Crippen LogP contribution in [0, 0.1) is 11.3 Å². The highest BCUT2D eigenvalue weighted by atomic mass is 16.5. The van der Waals surface area contributed by atoms with Crippen molar-refractivity contribution in [3.05, 3.63) is 12.3 Å². The largest absolute Gasteiger partial charge is 0.477 e. The molecule has 5 heteroatoms. The summed E-state index contributed by atoms with van der Waals surface area (Å²) in [5.41, 5.74) is 0.137. The fraction of sp³-hybridized carbons (Fsp3) is 0.750. The van der Waals surface area contributed by atoms with E-state index in [-0.39, 0.29) is 5.41 Å². The predicted octanol–water partition coefficient (Wildman–Crippen LogP) is 2.88. The van der Waals surface area contributed by atoms with Crippen molar-refractivity contribution in [1.29, 1.82) is 0 Å². The standard InChI is InChI=1S/C16H25N3O2/c1-12-3-5-13(6-4-12)18-15-17-8-7-14(19-15)21-11-16(2)9-20-10-16/h7-8,12-13H,3-6,9-11H2,1-2H3,(H,17,18,19). The minimum atomic E-state index is 0.137. The van der Waals surface area contributed by atoms with E-state index < -0.39 is 0 Å². The minimum absolute atomic E-state index is 0.137. The number of anilines is 1. The Balaban J connectivity index is 1.53. The molecule has 0 bridgehead atoms. The van der Waals surface area contributed by atoms with E-state index in [0.717, 1.165) is 19.1 Å². The molecule has 1 saturated heterocycles. The molecule has 0 radical (unpaired) electrons. The van der Waals surface area contributed by atoms with Crippen molar-refractivity contribution >= 4 is 5.95 Å². The first kappa shape index (κ1) is 14.6. The molecule has 0 spiro atoms. The van der Waals surface area contributed by atoms with Crippen molar-refractivity contribution in [2.75, 3.05) is 25.1 Å². The van der Waals surface area contributed by atoms with Crippen LogP contribution in [0.15, 0.2) is 12.3 Å². The maximum atomic E-state index is 5.79. The van der Waals surface area contributed by atoms with Gasteiger partial charge in [0.25, 0.3) is 0 Å². The molecule has 1 aromatic rings. The van der Waals surface area contributed by atoms with Gasteiger partial charge in [-0.15, -0.1) is 0 Å². The molecular weight excluding hydrogens is 266 g/mol. The molecule has 1 aliphatic carbocycles. The maximum absolute atomic E-state index is 5.79. The van der Waals surface area contributed by atoms with Crippen LogP contribution in [-0.4, -0.2) is 35.8 Å². The summed E-state index contributed by atoms with van der Waals surface area (Å²) < 4.78 is 11.0. The Morgan fingerprint density at radius 1 is 1.33 bits per heavy atom. The Morgan fingerprint density at radius 3 is 2.76 bits per heavy atom. The summed E-state index contributed by atoms with van der Waals surface area (Å²) in [6.07, 6.45) is 6.73. The third kappa shape index (κ3) is 3.84. The van der Waals surface area contributed by atoms with E-state index in [4.69, 9.17) is 9.47 Å². The quantitative estimate of drug-likeness (QED) is 0.904. The highest BCUT2D eigenvalue weighted by molar-refractivity contribution is 5.29. The van der Waals surface area contributed by atoms with Gasteiger partial charge in [0.2, 0.25) is 11.8 Å². The van der Waals surface area contributed by atoms with Crippen molar-refractivity contribution in [2.24, 2.45) is 11.3 Å². The van der Waals surface area contributed by atoms with Crippen molar-refractivity contribution in [1.82, 2.24) is 9.97 Å². The van der Waals surface area contributed by atoms with Gasteiger partial charge in [-0.1, -0.05) is 13.8 Å². The van der Waals surface area contributed by atoms with E-state index in [2.05, 4.69) is 29.1 Å². The number of rotatable bonds is 5. The molecule has 1 N–H and O–H groups in total. The number of hydrogen-bond acceptors (Lipinski definition) is 5. The van der Waals surface area contributed by atoms with E-state index in [9.17, 15) is 0 Å². The number of nitrogens with zero attached hydrogens (tertiary/aromatic N) is 2. The minimum Gasteiger partial charge on any atom is -0.477 e. The molecule has 0 atom stereocenters. The first-order valence-corrected chi connectivity index (χ1v) is 7.93. The molecule has 21 heavy (non-hydrogen) atoms. The van der Waals surface area contributed by atoms with Gasteiger partial charge in [-0.05, 0) is 31.6 Å². The van der Waals surface area contributed by atoms with Gasteiger partial charge in [0.05, 0.1) is 19.8 Å². The monoisotopic (exact) mass is 291 g/mol. The predicted molar refractivity (Wildman–Crippen MR) is 81.5 cm³/mol. The van der Waals surface area contributed by atoms with Gasteiger partial charge in [-0.3, -0.25) is 0 Å². The van der Waals surface area contributed by atoms with Crippen LogP contribution >= 0.6 is 0 Å². The van der Waals surface area contributed by atoms with Crippen LogP contribution in [-0.2, 0) is 4.74 Å². The van der Waals surface area contributed by atoms with E-state index >= 15 is 0 Å². The SMILES string of the molecule is CC1CCC(Nc2nccc(OCC3(C)COC3)n2)CC1. The molecule has 2 aliphatic rings. The van der Waals surface area contributed by atoms with E-state index in [1.54, 1.807) is 6.20 Å². The Kier molecular flexibility index (Phi) is 4.29. The van der Waals surface area contributed by atoms with E-state index in [0.29, 0.717) is 24.5 Å². The molecule has 1 saturated carbocycles. The number of aromatic nitrogens is 2. The molecule has 0 unspecified atom stereocenters. The molecule has 2 heterocycles. The van der Waals surface area contributed by atoms with E-state index in [1.807, 2.05) is 6.07 Å². The lowest BCUT2D eigenvalue weighted by Gasteiger charge is -2.37. The summed E-state index contributed by atoms with van der Waals surface area (Å²) in [4.78, 5) is 8.77. The topological polar surface area (TPSA) is 56.3 Å². The summed E-state index contributed by atoms with van der Waals surface area (Å²) >= 11 is 0. The molecule has 1 aliphatic heterocycles. The zero-order valence-electron chi connectivity index (χ0n) is 13.0. The highest BCUT2D eigenvalue weighted by Crippen LogP contribution is 2.28. The van der Waals surface area contributed by atoms with Crippen LogP contribution in [0.25, 0.3) is 0 Å². The first-order chi connectivity index (χ1) is 10.1. The summed E-state index contributed by atoms with van der Waals surface area (Å²) in [7, 11) is 0. The molecular formula is C16H25N3O2. The third-order valence-electron chi connectivity index (χ3n) is 4.45. The molecule has 0 aromatic carbocycles. The Morgan fingerprint density at radius 2 is 2.10 bits per heavy atom. The average molecular weight is 291 g/mol. The smallest absolute Gasteiger partial charge is 0.226 e. The lowest BCUT2D eigenvalue weighted by molar-refractivity contribution is -0.120. The van der Waals surface area contributed by atoms with Gasteiger partial charge >= 0.3 is 0 Å². The van der Waals surface area contributed by atoms with Crippen molar-refractivity contribution in [2.45, 2.75) is 45.6 Å². The molecule has 1 aromatic heterocycles. The number of ether oxygens (including phenoxy) is 2. The van der Waals surface area contributed by atoms with Crippen molar-refractivity contribution < 1.29 is 9.47 Å². The van der Waals surface area contributed by atoms with Crippen molar-refractivity contribution in [3.63, 3.8) is 0 Å². The number of nitrogens with one attached hydrogen (secondary N) is 1. The Hall–Kier alpha value is -1.36. The second-order valence-electron chi connectivity index (χ2n) is 6.91. The molecule has 0 amide bonds. The van der Waals surface area contributed by atoms with Gasteiger partial charge in [0, 0.05) is 23.7 Å². The van der Waals surface area contributed by atoms with Crippen LogP contribution in [0.3, 0.4) is 0 Å². The van der Waals surface area contributed by atoms with E-state index in [1.165, 1.54) is 25.7 Å². The molecule has 5 nitrogen and oxygen atoms in total. The second-order valence-corrected chi connectivity index (χ2v) is 6.91. The Bertz CT molecular complexity index is 468. The normalized spacial score (nSPS) is 27.7. The first-order valence-electron chi connectivity index (χ1n) is 7.93. The molecule has 3 rings (SSSR count). The number of hydrogen-bond donors (Lipinski definition) is 1. The van der Waals surface area contributed by atoms with Crippen LogP contribution < -0.4 is 10.1 Å². The van der Waals surface area contributed by atoms with Gasteiger partial charge in [0.15, 0.2) is 0 Å². The van der Waals surface area contributed by atoms with Crippen molar-refractivity contribution in [3.8, 4) is 5.88 Å². The summed E-state index contributed by atoms with van der Waals surface area (Å²) in [6, 6.07) is 2.31. The highest BCUT2D eigenvalue weighted by Gasteiger charge is 2.34. The summed E-state index contributed by atoms with van der Waals surface area (Å²) in [5, 5.41) is 3.44. The fourth-order valence-electron chi connectivity index (χ4n) is 2.86. The summed E-state index contributed by atoms with van der Waals surface area (Å²) in [6.45, 7) is 6.67. The van der Waals surface area contributed by atoms with Gasteiger partial charge < -0.3 is 14.8 Å². The maximum Gasteiger partial charge on any atom is 0.226 e. The van der Waals surface area contributed by atoms with Crippen LogP contribution in [0.4, 0.5) is 5.95 Å². The van der Waals surface area contributed by atoms with Gasteiger partial charge in [-0.25, -0.2) is 4.98 Å². The molecule has 2 fully saturated rings. The third-order valence-corrected chi connectivity index (χ3v) is 4.45. The lowest BCUT2D eigenvalue weighted by Crippen LogP contribution is -2.44. The summed E-state index contributed by atoms with van der Waals surface area (Å²) in [5.74, 6) is 2.18. The fourth-order valence-corrected chi connectivity index (χ4v) is 2.86. The van der Waals surface area contributed by atoms with Gasteiger partial charge in [-0.2, -0.15) is 4.98 Å². The zero-order valence-corrected chi connectivity index (χ0v) is 13.0. The zero-order chi connectivity index (χ0) is 14.7. The van der Waals surface area contributed by atoms with Gasteiger partial charge in [0.1, 0.15) is 0 Å². The second kappa shape index (κ2) is 6.18. The van der Waals surface area contributed by atoms with Crippen LogP contribution in [0.5, 0.6) is 5.88 Å². The lowest BCUT2D eigenvalue weighted by atomic mass is 9.87. The average Bonchev–Trinajstić information content (AvgIpc) is 2.46. The molecule has 116 valence electrons. The Labute approximate surface area is 126 Å².